The summed E-state index contributed by atoms with van der Waals surface area (Å²) in [5, 5.41) is 31.3. The van der Waals surface area contributed by atoms with E-state index >= 15 is 0 Å². The molecule has 0 fully saturated rings. The number of benzene rings is 1. The van der Waals surface area contributed by atoms with Gasteiger partial charge >= 0.3 is 0 Å². The molecule has 11 heteroatoms. The first kappa shape index (κ1) is 24.9. The number of anilines is 1. The van der Waals surface area contributed by atoms with Gasteiger partial charge in [0.15, 0.2) is 4.34 Å². The second kappa shape index (κ2) is 10.3. The van der Waals surface area contributed by atoms with Crippen LogP contribution in [0.4, 0.5) is 5.13 Å². The van der Waals surface area contributed by atoms with Crippen LogP contribution in [0.25, 0.3) is 11.1 Å². The number of thioether (sulfide) groups is 1. The van der Waals surface area contributed by atoms with E-state index in [0.717, 1.165) is 11.1 Å². The number of terminal acetylenes is 1. The lowest BCUT2D eigenvalue weighted by Gasteiger charge is -2.12. The van der Waals surface area contributed by atoms with Gasteiger partial charge in [-0.05, 0) is 54.3 Å². The number of nitrogens with zero attached hydrogens (tertiary/aromatic N) is 5. The molecule has 2 N–H and O–H groups in total. The van der Waals surface area contributed by atoms with Gasteiger partial charge in [0.05, 0.1) is 28.9 Å². The van der Waals surface area contributed by atoms with E-state index in [1.807, 2.05) is 13.0 Å². The van der Waals surface area contributed by atoms with Gasteiger partial charge in [0.1, 0.15) is 5.15 Å². The number of aryl methyl sites for hydroxylation is 1. The van der Waals surface area contributed by atoms with Gasteiger partial charge < -0.3 is 5.11 Å². The first-order chi connectivity index (χ1) is 17.9. The summed E-state index contributed by atoms with van der Waals surface area (Å²) in [7, 11) is 0. The van der Waals surface area contributed by atoms with Gasteiger partial charge in [0, 0.05) is 28.9 Å². The second-order valence-corrected chi connectivity index (χ2v) is 11.1. The molecule has 4 aromatic rings. The van der Waals surface area contributed by atoms with E-state index in [1.54, 1.807) is 24.3 Å². The molecule has 0 saturated heterocycles. The van der Waals surface area contributed by atoms with Crippen molar-refractivity contribution < 1.29 is 9.90 Å². The predicted octanol–water partition coefficient (Wildman–Crippen LogP) is 4.81. The highest BCUT2D eigenvalue weighted by molar-refractivity contribution is 8.01. The Kier molecular flexibility index (Phi) is 6.92. The van der Waals surface area contributed by atoms with Crippen LogP contribution in [0.5, 0.6) is 0 Å². The molecule has 0 bridgehead atoms. The van der Waals surface area contributed by atoms with E-state index in [1.165, 1.54) is 35.5 Å². The number of pyridine rings is 2. The van der Waals surface area contributed by atoms with Gasteiger partial charge in [-0.15, -0.1) is 16.6 Å². The van der Waals surface area contributed by atoms with Crippen LogP contribution in [0.2, 0.25) is 5.15 Å². The normalized spacial score (nSPS) is 16.0. The maximum Gasteiger partial charge on any atom is 0.259 e. The van der Waals surface area contributed by atoms with Crippen molar-refractivity contribution in [1.29, 1.82) is 5.26 Å². The molecule has 0 unspecified atom stereocenters. The Hall–Kier alpha value is -3.80. The molecule has 0 aliphatic heterocycles. The first-order valence-electron chi connectivity index (χ1n) is 11.0. The summed E-state index contributed by atoms with van der Waals surface area (Å²) >= 11 is 8.70. The zero-order valence-electron chi connectivity index (χ0n) is 19.3. The molecular weight excluding hydrogens is 528 g/mol. The Bertz CT molecular complexity index is 1620. The van der Waals surface area contributed by atoms with Gasteiger partial charge in [-0.1, -0.05) is 46.7 Å². The number of fused-ring (bicyclic) bond motifs is 1. The molecule has 3 aromatic heterocycles. The minimum absolute atomic E-state index is 0.174. The monoisotopic (exact) mass is 544 g/mol. The smallest absolute Gasteiger partial charge is 0.259 e. The fourth-order valence-corrected chi connectivity index (χ4v) is 6.41. The van der Waals surface area contributed by atoms with Crippen LogP contribution in [-0.2, 0) is 6.42 Å². The molecule has 182 valence electrons. The largest absolute Gasteiger partial charge is 0.387 e. The number of hydrogen-bond acceptors (Lipinski definition) is 9. The SMILES string of the molecule is C#Cc1cnc(Cl)cc1-c1cc(C)ncc1C(=O)Nc1nnc(S[C@H]2Cc3ccc(C#N)cc3[C@H]2O)s1. The number of hydrogen-bond donors (Lipinski definition) is 2. The van der Waals surface area contributed by atoms with E-state index in [9.17, 15) is 9.90 Å². The van der Waals surface area contributed by atoms with Crippen LogP contribution in [0.3, 0.4) is 0 Å². The molecule has 37 heavy (non-hydrogen) atoms. The topological polar surface area (TPSA) is 125 Å². The summed E-state index contributed by atoms with van der Waals surface area (Å²) in [5.41, 5.74) is 4.94. The molecule has 1 aliphatic rings. The Morgan fingerprint density at radius 1 is 1.24 bits per heavy atom. The van der Waals surface area contributed by atoms with Gasteiger partial charge in [-0.25, -0.2) is 4.98 Å². The van der Waals surface area contributed by atoms with Crippen LogP contribution in [0, 0.1) is 30.6 Å². The number of aromatic nitrogens is 4. The Balaban J connectivity index is 1.35. The van der Waals surface area contributed by atoms with E-state index in [2.05, 4.69) is 37.5 Å². The molecular formula is C26H17ClN6O2S2. The standard InChI is InChI=1S/C26H17ClN6O2S2/c1-3-15-11-30-22(27)9-17(15)19-6-13(2)29-12-20(19)24(35)31-25-32-33-26(37-25)36-21-8-16-5-4-14(10-28)7-18(16)23(21)34/h1,4-7,9,11-12,21,23,34H,8H2,2H3,(H,31,32,35)/t21-,23+/m0/s1. The maximum atomic E-state index is 13.2. The molecule has 2 atom stereocenters. The lowest BCUT2D eigenvalue weighted by molar-refractivity contribution is 0.102. The van der Waals surface area contributed by atoms with Crippen molar-refractivity contribution in [2.24, 2.45) is 0 Å². The number of carbonyl (C=O) groups is 1. The van der Waals surface area contributed by atoms with E-state index < -0.39 is 12.0 Å². The van der Waals surface area contributed by atoms with Crippen LogP contribution in [-0.4, -0.2) is 36.4 Å². The van der Waals surface area contributed by atoms with Gasteiger partial charge in [-0.2, -0.15) is 5.26 Å². The lowest BCUT2D eigenvalue weighted by atomic mass is 9.97. The van der Waals surface area contributed by atoms with Crippen LogP contribution < -0.4 is 5.32 Å². The number of amides is 1. The fourth-order valence-electron chi connectivity index (χ4n) is 4.09. The number of aliphatic hydroxyl groups excluding tert-OH is 1. The average Bonchev–Trinajstić information content (AvgIpc) is 3.47. The summed E-state index contributed by atoms with van der Waals surface area (Å²) in [6, 6.07) is 10.8. The summed E-state index contributed by atoms with van der Waals surface area (Å²) in [4.78, 5) is 21.5. The van der Waals surface area contributed by atoms with Crippen molar-refractivity contribution in [2.75, 3.05) is 5.32 Å². The molecule has 8 nitrogen and oxygen atoms in total. The van der Waals surface area contributed by atoms with Gasteiger partial charge in [0.25, 0.3) is 5.91 Å². The van der Waals surface area contributed by atoms with E-state index in [-0.39, 0.29) is 10.4 Å². The van der Waals surface area contributed by atoms with E-state index in [4.69, 9.17) is 23.3 Å². The van der Waals surface area contributed by atoms with Crippen LogP contribution in [0.1, 0.15) is 44.4 Å². The third-order valence-electron chi connectivity index (χ3n) is 5.85. The summed E-state index contributed by atoms with van der Waals surface area (Å²) in [6.07, 6.45) is 8.52. The molecule has 0 saturated carbocycles. The zero-order valence-corrected chi connectivity index (χ0v) is 21.7. The van der Waals surface area contributed by atoms with Crippen LogP contribution in [0.15, 0.2) is 47.1 Å². The molecule has 1 amide bonds. The van der Waals surface area contributed by atoms with E-state index in [0.29, 0.717) is 49.4 Å². The Labute approximate surface area is 225 Å². The summed E-state index contributed by atoms with van der Waals surface area (Å²) in [6.45, 7) is 1.81. The fraction of sp³-hybridized carbons (Fsp3) is 0.154. The number of aliphatic hydroxyl groups is 1. The van der Waals surface area contributed by atoms with Crippen molar-refractivity contribution in [3.63, 3.8) is 0 Å². The molecule has 5 rings (SSSR count). The lowest BCUT2D eigenvalue weighted by Crippen LogP contribution is -2.14. The van der Waals surface area contributed by atoms with Crippen molar-refractivity contribution in [3.05, 3.63) is 81.4 Å². The number of carbonyl (C=O) groups excluding carboxylic acids is 1. The third-order valence-corrected chi connectivity index (χ3v) is 8.24. The third kappa shape index (κ3) is 5.06. The highest BCUT2D eigenvalue weighted by Gasteiger charge is 2.33. The molecule has 0 spiro atoms. The second-order valence-electron chi connectivity index (χ2n) is 8.23. The predicted molar refractivity (Wildman–Crippen MR) is 142 cm³/mol. The van der Waals surface area contributed by atoms with Gasteiger partial charge in [0.2, 0.25) is 5.13 Å². The number of halogens is 1. The number of rotatable bonds is 5. The molecule has 3 heterocycles. The molecule has 0 radical (unpaired) electrons. The molecule has 1 aromatic carbocycles. The number of nitriles is 1. The maximum absolute atomic E-state index is 13.2. The van der Waals surface area contributed by atoms with Crippen molar-refractivity contribution in [3.8, 4) is 29.5 Å². The molecule has 1 aliphatic carbocycles. The van der Waals surface area contributed by atoms with Crippen molar-refractivity contribution in [2.45, 2.75) is 29.0 Å². The average molecular weight is 545 g/mol. The van der Waals surface area contributed by atoms with Gasteiger partial charge in [-0.3, -0.25) is 15.1 Å². The summed E-state index contributed by atoms with van der Waals surface area (Å²) in [5.74, 6) is 2.15. The Morgan fingerprint density at radius 2 is 2.08 bits per heavy atom. The zero-order chi connectivity index (χ0) is 26.1. The minimum Gasteiger partial charge on any atom is -0.387 e. The van der Waals surface area contributed by atoms with Crippen LogP contribution >= 0.6 is 34.7 Å². The highest BCUT2D eigenvalue weighted by atomic mass is 35.5. The summed E-state index contributed by atoms with van der Waals surface area (Å²) < 4.78 is 0.602. The Morgan fingerprint density at radius 3 is 2.86 bits per heavy atom. The van der Waals surface area contributed by atoms with Crippen molar-refractivity contribution in [1.82, 2.24) is 20.2 Å². The highest BCUT2D eigenvalue weighted by Crippen LogP contribution is 2.43. The van der Waals surface area contributed by atoms with Crippen molar-refractivity contribution >= 4 is 45.7 Å². The first-order valence-corrected chi connectivity index (χ1v) is 13.1. The quantitative estimate of drug-likeness (QED) is 0.208. The number of nitrogens with one attached hydrogen (secondary N) is 1. The minimum atomic E-state index is -0.728.